The number of pyridine rings is 3. The van der Waals surface area contributed by atoms with Gasteiger partial charge in [-0.15, -0.1) is 0 Å². The average Bonchev–Trinajstić information content (AvgIpc) is 3.64. The summed E-state index contributed by atoms with van der Waals surface area (Å²) in [6, 6.07) is 14.1. The zero-order chi connectivity index (χ0) is 40.2. The number of nitrogens with one attached hydrogen (secondary N) is 1. The standard InChI is InChI=1S/C45H39N7O7/c1-50-38-14-15-46-23-37(38)34-9-4-26(17-40(34)50)27-5-13-42(48-21-27)59-32-19-31(20-32)58-30-8-6-28(47-22-30)3-2-16-57-33-24-51(25-33)29-7-10-35-36(18-29)45(56)52(44(35)55)39-11-12-41(53)49-43(39)54/h4-10,13-15,17-18,21-23,31-34,39-40H,11-12,16,19-20,24-25H2,1H3,(H,49,53,54)/t31?,32?,34-,39?,40?/m1/s1. The minimum Gasteiger partial charge on any atom is -0.489 e. The Balaban J connectivity index is 0.642. The fraction of sp³-hybridized carbons (Fsp3) is 0.311. The normalized spacial score (nSPS) is 24.3. The highest BCUT2D eigenvalue weighted by Crippen LogP contribution is 2.44. The van der Waals surface area contributed by atoms with Crippen molar-refractivity contribution in [3.05, 3.63) is 119 Å². The van der Waals surface area contributed by atoms with E-state index in [0.717, 1.165) is 34.6 Å². The van der Waals surface area contributed by atoms with Gasteiger partial charge in [0.1, 0.15) is 36.3 Å². The van der Waals surface area contributed by atoms with Crippen LogP contribution in [0.15, 0.2) is 91.5 Å². The lowest BCUT2D eigenvalue weighted by Gasteiger charge is -2.40. The third kappa shape index (κ3) is 6.87. The van der Waals surface area contributed by atoms with Crippen LogP contribution in [0.1, 0.15) is 69.1 Å². The number of carbonyl (C=O) groups is 4. The SMILES string of the molecule is CN1c2ccncc2[C@H]2C=CC(c3ccc(OC4CC(Oc5ccc(C#CCOC6CN(c7ccc8c(c7)C(=O)N(C7CCC(=O)NC7=O)C8=O)C6)nc5)C4)nc3)=CC21. The highest BCUT2D eigenvalue weighted by molar-refractivity contribution is 6.23. The van der Waals surface area contributed by atoms with E-state index in [4.69, 9.17) is 14.2 Å². The maximum absolute atomic E-state index is 13.2. The number of allylic oxidation sites excluding steroid dienone is 2. The number of benzene rings is 1. The molecular formula is C45H39N7O7. The van der Waals surface area contributed by atoms with Gasteiger partial charge in [-0.1, -0.05) is 24.1 Å². The van der Waals surface area contributed by atoms with Crippen LogP contribution in [0.2, 0.25) is 0 Å². The van der Waals surface area contributed by atoms with Crippen LogP contribution < -0.4 is 24.6 Å². The molecule has 4 amide bonds. The second-order valence-electron chi connectivity index (χ2n) is 15.6. The molecule has 1 saturated carbocycles. The molecule has 3 fully saturated rings. The molecule has 6 aliphatic rings. The number of nitrogens with zero attached hydrogens (tertiary/aromatic N) is 6. The van der Waals surface area contributed by atoms with Crippen molar-refractivity contribution >= 4 is 40.6 Å². The van der Waals surface area contributed by atoms with Crippen molar-refractivity contribution in [1.82, 2.24) is 25.2 Å². The molecule has 3 aromatic heterocycles. The van der Waals surface area contributed by atoms with Crippen LogP contribution in [0.3, 0.4) is 0 Å². The smallest absolute Gasteiger partial charge is 0.262 e. The number of rotatable bonds is 9. The Kier molecular flexibility index (Phi) is 9.17. The van der Waals surface area contributed by atoms with E-state index >= 15 is 0 Å². The van der Waals surface area contributed by atoms with E-state index in [1.807, 2.05) is 41.7 Å². The maximum Gasteiger partial charge on any atom is 0.262 e. The first-order valence-corrected chi connectivity index (χ1v) is 19.8. The molecular weight excluding hydrogens is 751 g/mol. The summed E-state index contributed by atoms with van der Waals surface area (Å²) in [5, 5.41) is 2.22. The average molecular weight is 790 g/mol. The second kappa shape index (κ2) is 14.8. The summed E-state index contributed by atoms with van der Waals surface area (Å²) in [6.45, 7) is 1.44. The van der Waals surface area contributed by atoms with Crippen LogP contribution in [0.4, 0.5) is 11.4 Å². The molecule has 7 heterocycles. The predicted molar refractivity (Wildman–Crippen MR) is 215 cm³/mol. The number of hydrogen-bond acceptors (Lipinski definition) is 12. The molecule has 2 unspecified atom stereocenters. The Labute approximate surface area is 339 Å². The first kappa shape index (κ1) is 36.5. The van der Waals surface area contributed by atoms with E-state index in [2.05, 4.69) is 74.4 Å². The third-order valence-corrected chi connectivity index (χ3v) is 11.9. The van der Waals surface area contributed by atoms with Gasteiger partial charge in [0.15, 0.2) is 0 Å². The van der Waals surface area contributed by atoms with Crippen LogP contribution in [0, 0.1) is 11.8 Å². The van der Waals surface area contributed by atoms with Crippen molar-refractivity contribution in [1.29, 1.82) is 0 Å². The number of anilines is 2. The Morgan fingerprint density at radius 1 is 0.881 bits per heavy atom. The minimum atomic E-state index is -0.992. The summed E-state index contributed by atoms with van der Waals surface area (Å²) in [7, 11) is 2.13. The molecule has 0 bridgehead atoms. The number of piperidine rings is 1. The van der Waals surface area contributed by atoms with E-state index in [-0.39, 0.29) is 54.9 Å². The molecule has 1 aromatic carbocycles. The van der Waals surface area contributed by atoms with Crippen molar-refractivity contribution in [3.63, 3.8) is 0 Å². The largest absolute Gasteiger partial charge is 0.489 e. The van der Waals surface area contributed by atoms with Crippen LogP contribution in [-0.4, -0.2) is 101 Å². The van der Waals surface area contributed by atoms with Crippen LogP contribution in [0.25, 0.3) is 5.57 Å². The van der Waals surface area contributed by atoms with Crippen LogP contribution >= 0.6 is 0 Å². The summed E-state index contributed by atoms with van der Waals surface area (Å²) in [6.07, 6.45) is 15.9. The summed E-state index contributed by atoms with van der Waals surface area (Å²) in [4.78, 5) is 68.8. The van der Waals surface area contributed by atoms with Crippen molar-refractivity contribution in [2.45, 2.75) is 62.0 Å². The molecule has 0 radical (unpaired) electrons. The molecule has 59 heavy (non-hydrogen) atoms. The number of likely N-dealkylation sites (N-methyl/N-ethyl adjacent to an activating group) is 1. The number of ether oxygens (including phenoxy) is 3. The number of hydrogen-bond donors (Lipinski definition) is 1. The van der Waals surface area contributed by atoms with E-state index in [0.29, 0.717) is 36.3 Å². The minimum absolute atomic E-state index is 0.0361. The molecule has 14 heteroatoms. The monoisotopic (exact) mass is 789 g/mol. The van der Waals surface area contributed by atoms with Gasteiger partial charge in [0.2, 0.25) is 17.7 Å². The van der Waals surface area contributed by atoms with Gasteiger partial charge in [0.25, 0.3) is 11.8 Å². The Morgan fingerprint density at radius 2 is 1.73 bits per heavy atom. The molecule has 2 aliphatic carbocycles. The molecule has 4 aliphatic heterocycles. The second-order valence-corrected chi connectivity index (χ2v) is 15.6. The van der Waals surface area contributed by atoms with Gasteiger partial charge in [-0.05, 0) is 60.4 Å². The zero-order valence-electron chi connectivity index (χ0n) is 32.1. The van der Waals surface area contributed by atoms with Gasteiger partial charge in [-0.3, -0.25) is 34.4 Å². The van der Waals surface area contributed by atoms with Gasteiger partial charge >= 0.3 is 0 Å². The fourth-order valence-corrected chi connectivity index (χ4v) is 8.55. The lowest BCUT2D eigenvalue weighted by molar-refractivity contribution is -0.136. The van der Waals surface area contributed by atoms with Crippen molar-refractivity contribution in [3.8, 4) is 23.5 Å². The van der Waals surface area contributed by atoms with E-state index in [1.54, 1.807) is 24.4 Å². The first-order valence-electron chi connectivity index (χ1n) is 19.8. The molecule has 0 spiro atoms. The molecule has 14 nitrogen and oxygen atoms in total. The summed E-state index contributed by atoms with van der Waals surface area (Å²) >= 11 is 0. The molecule has 3 atom stereocenters. The van der Waals surface area contributed by atoms with Gasteiger partial charge < -0.3 is 24.0 Å². The molecule has 2 saturated heterocycles. The van der Waals surface area contributed by atoms with Crippen molar-refractivity contribution < 1.29 is 33.4 Å². The quantitative estimate of drug-likeness (QED) is 0.192. The molecule has 4 aromatic rings. The summed E-state index contributed by atoms with van der Waals surface area (Å²) in [5.41, 5.74) is 6.60. The fourth-order valence-electron chi connectivity index (χ4n) is 8.55. The van der Waals surface area contributed by atoms with Crippen LogP contribution in [-0.2, 0) is 14.3 Å². The Morgan fingerprint density at radius 3 is 2.53 bits per heavy atom. The van der Waals surface area contributed by atoms with Crippen LogP contribution in [0.5, 0.6) is 11.6 Å². The lowest BCUT2D eigenvalue weighted by atomic mass is 9.88. The van der Waals surface area contributed by atoms with Gasteiger partial charge in [-0.25, -0.2) is 9.97 Å². The lowest BCUT2D eigenvalue weighted by Crippen LogP contribution is -2.54. The number of aromatic nitrogens is 3. The number of imide groups is 2. The van der Waals surface area contributed by atoms with E-state index in [9.17, 15) is 19.2 Å². The van der Waals surface area contributed by atoms with Crippen molar-refractivity contribution in [2.24, 2.45) is 0 Å². The number of fused-ring (bicyclic) bond motifs is 4. The highest BCUT2D eigenvalue weighted by atomic mass is 16.5. The van der Waals surface area contributed by atoms with Crippen molar-refractivity contribution in [2.75, 3.05) is 36.5 Å². The molecule has 1 N–H and O–H groups in total. The van der Waals surface area contributed by atoms with Gasteiger partial charge in [0.05, 0.1) is 29.5 Å². The molecule has 296 valence electrons. The number of amides is 4. The summed E-state index contributed by atoms with van der Waals surface area (Å²) < 4.78 is 18.2. The topological polar surface area (TPSA) is 156 Å². The Bertz CT molecular complexity index is 2500. The van der Waals surface area contributed by atoms with E-state index < -0.39 is 29.7 Å². The highest BCUT2D eigenvalue weighted by Gasteiger charge is 2.45. The van der Waals surface area contributed by atoms with Gasteiger partial charge in [-0.2, -0.15) is 0 Å². The number of carbonyl (C=O) groups excluding carboxylic acids is 4. The maximum atomic E-state index is 13.2. The third-order valence-electron chi connectivity index (χ3n) is 11.9. The van der Waals surface area contributed by atoms with Gasteiger partial charge in [0, 0.05) is 92.5 Å². The predicted octanol–water partition coefficient (Wildman–Crippen LogP) is 4.07. The van der Waals surface area contributed by atoms with E-state index in [1.165, 1.54) is 11.3 Å². The summed E-state index contributed by atoms with van der Waals surface area (Å²) in [5.74, 6) is 5.56. The Hall–Kier alpha value is -6.85. The zero-order valence-corrected chi connectivity index (χ0v) is 32.1. The first-order chi connectivity index (χ1) is 28.8. The molecule has 10 rings (SSSR count).